The molecular formula is C19H27N3. The molecule has 2 aromatic rings. The summed E-state index contributed by atoms with van der Waals surface area (Å²) in [7, 11) is 6.30. The largest absolute Gasteiger partial charge is 0.378 e. The molecule has 3 nitrogen and oxygen atoms in total. The van der Waals surface area contributed by atoms with Gasteiger partial charge in [0, 0.05) is 32.4 Å². The Morgan fingerprint density at radius 2 is 1.55 bits per heavy atom. The van der Waals surface area contributed by atoms with Crippen LogP contribution in [0, 0.1) is 0 Å². The fourth-order valence-corrected chi connectivity index (χ4v) is 2.78. The number of hydrogen-bond acceptors (Lipinski definition) is 3. The van der Waals surface area contributed by atoms with Gasteiger partial charge in [0.15, 0.2) is 0 Å². The van der Waals surface area contributed by atoms with Crippen LogP contribution in [-0.2, 0) is 6.54 Å². The van der Waals surface area contributed by atoms with Crippen molar-refractivity contribution in [3.63, 3.8) is 0 Å². The van der Waals surface area contributed by atoms with Crippen LogP contribution in [0.4, 0.5) is 5.69 Å². The van der Waals surface area contributed by atoms with E-state index in [2.05, 4.69) is 85.5 Å². The van der Waals surface area contributed by atoms with Gasteiger partial charge in [0.25, 0.3) is 0 Å². The number of anilines is 1. The van der Waals surface area contributed by atoms with E-state index in [1.165, 1.54) is 16.8 Å². The van der Waals surface area contributed by atoms with E-state index in [9.17, 15) is 0 Å². The van der Waals surface area contributed by atoms with Gasteiger partial charge in [-0.3, -0.25) is 4.90 Å². The summed E-state index contributed by atoms with van der Waals surface area (Å²) < 4.78 is 0. The number of nitrogens with two attached hydrogens (primary N) is 1. The van der Waals surface area contributed by atoms with Gasteiger partial charge in [-0.05, 0) is 43.3 Å². The summed E-state index contributed by atoms with van der Waals surface area (Å²) in [6.07, 6.45) is 0.963. The minimum Gasteiger partial charge on any atom is -0.378 e. The summed E-state index contributed by atoms with van der Waals surface area (Å²) in [5, 5.41) is 0. The molecule has 0 heterocycles. The van der Waals surface area contributed by atoms with E-state index in [4.69, 9.17) is 5.73 Å². The summed E-state index contributed by atoms with van der Waals surface area (Å²) in [5.74, 6) is 0. The normalized spacial score (nSPS) is 12.4. The van der Waals surface area contributed by atoms with Crippen molar-refractivity contribution < 1.29 is 0 Å². The molecule has 1 atom stereocenters. The highest BCUT2D eigenvalue weighted by Gasteiger charge is 2.16. The van der Waals surface area contributed by atoms with Gasteiger partial charge in [0.2, 0.25) is 0 Å². The highest BCUT2D eigenvalue weighted by molar-refractivity contribution is 5.46. The van der Waals surface area contributed by atoms with Gasteiger partial charge in [-0.2, -0.15) is 0 Å². The van der Waals surface area contributed by atoms with Crippen molar-refractivity contribution in [1.29, 1.82) is 0 Å². The lowest BCUT2D eigenvalue weighted by Crippen LogP contribution is -2.26. The fourth-order valence-electron chi connectivity index (χ4n) is 2.78. The molecule has 0 fully saturated rings. The van der Waals surface area contributed by atoms with Crippen LogP contribution < -0.4 is 10.6 Å². The number of hydrogen-bond donors (Lipinski definition) is 1. The van der Waals surface area contributed by atoms with E-state index in [0.29, 0.717) is 12.6 Å². The van der Waals surface area contributed by atoms with Crippen LogP contribution in [0.25, 0.3) is 0 Å². The first-order valence-electron chi connectivity index (χ1n) is 7.83. The van der Waals surface area contributed by atoms with Crippen molar-refractivity contribution in [2.45, 2.75) is 19.0 Å². The smallest absolute Gasteiger partial charge is 0.0361 e. The third-order valence-corrected chi connectivity index (χ3v) is 4.04. The lowest BCUT2D eigenvalue weighted by atomic mass is 10.0. The van der Waals surface area contributed by atoms with Gasteiger partial charge in [0.1, 0.15) is 0 Å². The van der Waals surface area contributed by atoms with Crippen LogP contribution >= 0.6 is 0 Å². The van der Waals surface area contributed by atoms with Gasteiger partial charge >= 0.3 is 0 Å². The first-order valence-corrected chi connectivity index (χ1v) is 7.83. The zero-order valence-corrected chi connectivity index (χ0v) is 13.9. The van der Waals surface area contributed by atoms with Crippen LogP contribution in [0.15, 0.2) is 54.6 Å². The van der Waals surface area contributed by atoms with E-state index in [0.717, 1.165) is 13.0 Å². The molecule has 0 saturated heterocycles. The molecule has 0 bridgehead atoms. The SMILES string of the molecule is CN(C)c1ccc(C(CCN)N(C)Cc2ccccc2)cc1. The quantitative estimate of drug-likeness (QED) is 0.851. The van der Waals surface area contributed by atoms with Gasteiger partial charge in [-0.15, -0.1) is 0 Å². The van der Waals surface area contributed by atoms with Crippen molar-refractivity contribution in [2.24, 2.45) is 5.73 Å². The summed E-state index contributed by atoms with van der Waals surface area (Å²) >= 11 is 0. The molecule has 0 aliphatic carbocycles. The average Bonchev–Trinajstić information content (AvgIpc) is 2.53. The summed E-state index contributed by atoms with van der Waals surface area (Å²) in [6.45, 7) is 1.63. The Hall–Kier alpha value is -1.84. The molecule has 0 radical (unpaired) electrons. The van der Waals surface area contributed by atoms with Crippen molar-refractivity contribution in [1.82, 2.24) is 4.90 Å². The van der Waals surface area contributed by atoms with Crippen molar-refractivity contribution in [3.05, 3.63) is 65.7 Å². The van der Waals surface area contributed by atoms with Gasteiger partial charge in [-0.1, -0.05) is 42.5 Å². The molecule has 0 aliphatic rings. The third-order valence-electron chi connectivity index (χ3n) is 4.04. The number of benzene rings is 2. The van der Waals surface area contributed by atoms with Crippen molar-refractivity contribution in [2.75, 3.05) is 32.6 Å². The zero-order valence-electron chi connectivity index (χ0n) is 13.9. The Morgan fingerprint density at radius 3 is 2.09 bits per heavy atom. The molecule has 22 heavy (non-hydrogen) atoms. The Labute approximate surface area is 134 Å². The molecule has 2 aromatic carbocycles. The molecule has 2 N–H and O–H groups in total. The van der Waals surface area contributed by atoms with Gasteiger partial charge in [0.05, 0.1) is 0 Å². The predicted molar refractivity (Wildman–Crippen MR) is 95.1 cm³/mol. The number of nitrogens with zero attached hydrogens (tertiary/aromatic N) is 2. The first kappa shape index (κ1) is 16.5. The number of rotatable bonds is 7. The van der Waals surface area contributed by atoms with Crippen molar-refractivity contribution >= 4 is 5.69 Å². The standard InChI is InChI=1S/C19H27N3/c1-21(2)18-11-9-17(10-12-18)19(13-14-20)22(3)15-16-7-5-4-6-8-16/h4-12,19H,13-15,20H2,1-3H3. The van der Waals surface area contributed by atoms with E-state index >= 15 is 0 Å². The van der Waals surface area contributed by atoms with Crippen LogP contribution in [0.2, 0.25) is 0 Å². The molecule has 0 amide bonds. The van der Waals surface area contributed by atoms with Crippen molar-refractivity contribution in [3.8, 4) is 0 Å². The summed E-state index contributed by atoms with van der Waals surface area (Å²) in [4.78, 5) is 4.50. The molecule has 118 valence electrons. The maximum absolute atomic E-state index is 5.84. The maximum Gasteiger partial charge on any atom is 0.0361 e. The molecule has 2 rings (SSSR count). The molecule has 0 aromatic heterocycles. The van der Waals surface area contributed by atoms with Gasteiger partial charge in [-0.25, -0.2) is 0 Å². The third kappa shape index (κ3) is 4.33. The Bertz CT molecular complexity index is 549. The maximum atomic E-state index is 5.84. The molecule has 3 heteroatoms. The Balaban J connectivity index is 2.14. The molecule has 0 spiro atoms. The van der Waals surface area contributed by atoms with Crippen LogP contribution in [0.5, 0.6) is 0 Å². The van der Waals surface area contributed by atoms with Gasteiger partial charge < -0.3 is 10.6 Å². The topological polar surface area (TPSA) is 32.5 Å². The minimum atomic E-state index is 0.349. The summed E-state index contributed by atoms with van der Waals surface area (Å²) in [6, 6.07) is 19.7. The lowest BCUT2D eigenvalue weighted by Gasteiger charge is -2.29. The Morgan fingerprint density at radius 1 is 0.909 bits per heavy atom. The Kier molecular flexibility index (Phi) is 5.99. The molecule has 0 saturated carbocycles. The van der Waals surface area contributed by atoms with Crippen LogP contribution in [0.1, 0.15) is 23.6 Å². The lowest BCUT2D eigenvalue weighted by molar-refractivity contribution is 0.227. The van der Waals surface area contributed by atoms with E-state index in [-0.39, 0.29) is 0 Å². The van der Waals surface area contributed by atoms with Crippen LogP contribution in [-0.4, -0.2) is 32.6 Å². The zero-order chi connectivity index (χ0) is 15.9. The van der Waals surface area contributed by atoms with E-state index in [1.807, 2.05) is 0 Å². The molecule has 1 unspecified atom stereocenters. The second-order valence-electron chi connectivity index (χ2n) is 5.98. The monoisotopic (exact) mass is 297 g/mol. The average molecular weight is 297 g/mol. The first-order chi connectivity index (χ1) is 10.6. The second-order valence-corrected chi connectivity index (χ2v) is 5.98. The molecule has 0 aliphatic heterocycles. The summed E-state index contributed by atoms with van der Waals surface area (Å²) in [5.41, 5.74) is 9.72. The molecular weight excluding hydrogens is 270 g/mol. The fraction of sp³-hybridized carbons (Fsp3) is 0.368. The highest BCUT2D eigenvalue weighted by Crippen LogP contribution is 2.26. The van der Waals surface area contributed by atoms with Crippen LogP contribution in [0.3, 0.4) is 0 Å². The van der Waals surface area contributed by atoms with E-state index in [1.54, 1.807) is 0 Å². The minimum absolute atomic E-state index is 0.349. The second kappa shape index (κ2) is 7.97. The highest BCUT2D eigenvalue weighted by atomic mass is 15.1. The predicted octanol–water partition coefficient (Wildman–Crippen LogP) is 3.27. The van der Waals surface area contributed by atoms with E-state index < -0.39 is 0 Å².